The molecule has 0 amide bonds. The van der Waals surface area contributed by atoms with Gasteiger partial charge in [0.05, 0.1) is 0 Å². The molecular weight excluding hydrogens is 270 g/mol. The molecule has 0 aliphatic rings. The van der Waals surface area contributed by atoms with Crippen molar-refractivity contribution in [1.82, 2.24) is 0 Å². The molecule has 1 rings (SSSR count). The minimum atomic E-state index is -0.801. The molecule has 0 bridgehead atoms. The molecule has 1 unspecified atom stereocenters. The van der Waals surface area contributed by atoms with E-state index < -0.39 is 10.8 Å². The van der Waals surface area contributed by atoms with Crippen LogP contribution in [-0.2, 0) is 11.2 Å². The van der Waals surface area contributed by atoms with E-state index in [0.717, 1.165) is 17.7 Å². The summed E-state index contributed by atoms with van der Waals surface area (Å²) in [7, 11) is 3.99. The molecule has 16 heavy (non-hydrogen) atoms. The Labute approximate surface area is 104 Å². The third kappa shape index (κ3) is 3.85. The van der Waals surface area contributed by atoms with Crippen LogP contribution in [0.15, 0.2) is 24.3 Å². The van der Waals surface area contributed by atoms with Crippen LogP contribution in [0.1, 0.15) is 12.0 Å². The average molecular weight is 286 g/mol. The third-order valence-electron chi connectivity index (χ3n) is 2.41. The van der Waals surface area contributed by atoms with Crippen LogP contribution >= 0.6 is 15.9 Å². The number of carbonyl (C=O) groups is 1. The molecule has 88 valence electrons. The Bertz CT molecular complexity index is 349. The predicted octanol–water partition coefficient (Wildman–Crippen LogP) is 2.53. The quantitative estimate of drug-likeness (QED) is 0.846. The molecule has 3 nitrogen and oxygen atoms in total. The Kier molecular flexibility index (Phi) is 4.80. The number of aryl methyl sites for hydroxylation is 1. The SMILES string of the molecule is CN(C)c1ccc(CCC(Br)C(=O)O)cc1. The number of anilines is 1. The van der Waals surface area contributed by atoms with Crippen molar-refractivity contribution in [2.24, 2.45) is 0 Å². The Morgan fingerprint density at radius 1 is 1.38 bits per heavy atom. The van der Waals surface area contributed by atoms with Crippen LogP contribution in [0.4, 0.5) is 5.69 Å². The average Bonchev–Trinajstić information content (AvgIpc) is 2.26. The van der Waals surface area contributed by atoms with Crippen molar-refractivity contribution in [3.8, 4) is 0 Å². The number of nitrogens with zero attached hydrogens (tertiary/aromatic N) is 1. The van der Waals surface area contributed by atoms with Crippen molar-refractivity contribution >= 4 is 27.6 Å². The van der Waals surface area contributed by atoms with Gasteiger partial charge in [-0.1, -0.05) is 28.1 Å². The number of hydrogen-bond donors (Lipinski definition) is 1. The molecule has 0 saturated carbocycles. The van der Waals surface area contributed by atoms with Gasteiger partial charge >= 0.3 is 5.97 Å². The van der Waals surface area contributed by atoms with Crippen LogP contribution in [0.5, 0.6) is 0 Å². The van der Waals surface area contributed by atoms with E-state index >= 15 is 0 Å². The van der Waals surface area contributed by atoms with Crippen LogP contribution in [0, 0.1) is 0 Å². The topological polar surface area (TPSA) is 40.5 Å². The lowest BCUT2D eigenvalue weighted by Crippen LogP contribution is -2.13. The first-order valence-corrected chi connectivity index (χ1v) is 6.05. The molecule has 1 N–H and O–H groups in total. The van der Waals surface area contributed by atoms with E-state index in [0.29, 0.717) is 6.42 Å². The van der Waals surface area contributed by atoms with Crippen molar-refractivity contribution in [3.05, 3.63) is 29.8 Å². The number of benzene rings is 1. The molecule has 0 radical (unpaired) electrons. The lowest BCUT2D eigenvalue weighted by Gasteiger charge is -2.12. The highest BCUT2D eigenvalue weighted by Crippen LogP contribution is 2.15. The minimum absolute atomic E-state index is 0.457. The molecule has 4 heteroatoms. The van der Waals surface area contributed by atoms with Gasteiger partial charge in [-0.05, 0) is 30.5 Å². The van der Waals surface area contributed by atoms with Crippen molar-refractivity contribution in [2.75, 3.05) is 19.0 Å². The summed E-state index contributed by atoms with van der Waals surface area (Å²) in [6.45, 7) is 0. The van der Waals surface area contributed by atoms with E-state index in [4.69, 9.17) is 5.11 Å². The molecular formula is C12H16BrNO2. The summed E-state index contributed by atoms with van der Waals surface area (Å²) in [6, 6.07) is 8.16. The summed E-state index contributed by atoms with van der Waals surface area (Å²) in [5.74, 6) is -0.801. The molecule has 1 aromatic carbocycles. The Hall–Kier alpha value is -1.03. The van der Waals surface area contributed by atoms with Crippen LogP contribution < -0.4 is 4.90 Å². The predicted molar refractivity (Wildman–Crippen MR) is 69.4 cm³/mol. The van der Waals surface area contributed by atoms with E-state index in [9.17, 15) is 4.79 Å². The van der Waals surface area contributed by atoms with Crippen LogP contribution in [0.2, 0.25) is 0 Å². The lowest BCUT2D eigenvalue weighted by molar-refractivity contribution is -0.136. The highest BCUT2D eigenvalue weighted by Gasteiger charge is 2.12. The van der Waals surface area contributed by atoms with Gasteiger partial charge < -0.3 is 10.0 Å². The largest absolute Gasteiger partial charge is 0.480 e. The van der Waals surface area contributed by atoms with Gasteiger partial charge in [-0.3, -0.25) is 4.79 Å². The normalized spacial score (nSPS) is 12.2. The van der Waals surface area contributed by atoms with E-state index in [1.54, 1.807) is 0 Å². The van der Waals surface area contributed by atoms with Gasteiger partial charge in [0.1, 0.15) is 4.83 Å². The van der Waals surface area contributed by atoms with Gasteiger partial charge in [0.15, 0.2) is 0 Å². The number of alkyl halides is 1. The zero-order chi connectivity index (χ0) is 12.1. The van der Waals surface area contributed by atoms with Crippen molar-refractivity contribution in [1.29, 1.82) is 0 Å². The first-order chi connectivity index (χ1) is 7.50. The van der Waals surface area contributed by atoms with E-state index in [1.807, 2.05) is 43.3 Å². The number of carboxylic acids is 1. The van der Waals surface area contributed by atoms with Gasteiger partial charge in [0.25, 0.3) is 0 Å². The molecule has 0 aromatic heterocycles. The Morgan fingerprint density at radius 3 is 2.38 bits per heavy atom. The summed E-state index contributed by atoms with van der Waals surface area (Å²) in [5, 5.41) is 8.72. The molecule has 1 atom stereocenters. The molecule has 0 aliphatic heterocycles. The lowest BCUT2D eigenvalue weighted by atomic mass is 10.1. The number of hydrogen-bond acceptors (Lipinski definition) is 2. The van der Waals surface area contributed by atoms with Crippen molar-refractivity contribution in [2.45, 2.75) is 17.7 Å². The summed E-state index contributed by atoms with van der Waals surface area (Å²) in [6.07, 6.45) is 1.38. The number of rotatable bonds is 5. The monoisotopic (exact) mass is 285 g/mol. The van der Waals surface area contributed by atoms with Gasteiger partial charge in [-0.2, -0.15) is 0 Å². The molecule has 0 saturated heterocycles. The fourth-order valence-corrected chi connectivity index (χ4v) is 1.61. The standard InChI is InChI=1S/C12H16BrNO2/c1-14(2)10-6-3-9(4-7-10)5-8-11(13)12(15)16/h3-4,6-7,11H,5,8H2,1-2H3,(H,15,16). The Balaban J connectivity index is 2.52. The first-order valence-electron chi connectivity index (χ1n) is 5.14. The maximum atomic E-state index is 10.6. The summed E-state index contributed by atoms with van der Waals surface area (Å²) < 4.78 is 0. The molecule has 1 aromatic rings. The summed E-state index contributed by atoms with van der Waals surface area (Å²) >= 11 is 3.13. The van der Waals surface area contributed by atoms with E-state index in [-0.39, 0.29) is 0 Å². The second-order valence-corrected chi connectivity index (χ2v) is 5.01. The fourth-order valence-electron chi connectivity index (χ4n) is 1.38. The maximum absolute atomic E-state index is 10.6. The second-order valence-electron chi connectivity index (χ2n) is 3.91. The van der Waals surface area contributed by atoms with E-state index in [1.165, 1.54) is 0 Å². The van der Waals surface area contributed by atoms with Gasteiger partial charge in [-0.25, -0.2) is 0 Å². The maximum Gasteiger partial charge on any atom is 0.317 e. The minimum Gasteiger partial charge on any atom is -0.480 e. The Morgan fingerprint density at radius 2 is 1.94 bits per heavy atom. The van der Waals surface area contributed by atoms with Crippen molar-refractivity contribution < 1.29 is 9.90 Å². The second kappa shape index (κ2) is 5.89. The van der Waals surface area contributed by atoms with Crippen molar-refractivity contribution in [3.63, 3.8) is 0 Å². The number of aliphatic carboxylic acids is 1. The summed E-state index contributed by atoms with van der Waals surface area (Å²) in [5.41, 5.74) is 2.31. The fraction of sp³-hybridized carbons (Fsp3) is 0.417. The third-order valence-corrected chi connectivity index (χ3v) is 3.26. The molecule has 0 aliphatic carbocycles. The first kappa shape index (κ1) is 13.0. The van der Waals surface area contributed by atoms with Crippen LogP contribution in [-0.4, -0.2) is 30.0 Å². The zero-order valence-electron chi connectivity index (χ0n) is 9.48. The van der Waals surface area contributed by atoms with Crippen LogP contribution in [0.25, 0.3) is 0 Å². The van der Waals surface area contributed by atoms with Crippen LogP contribution in [0.3, 0.4) is 0 Å². The summed E-state index contributed by atoms with van der Waals surface area (Å²) in [4.78, 5) is 12.2. The zero-order valence-corrected chi connectivity index (χ0v) is 11.1. The molecule has 0 spiro atoms. The smallest absolute Gasteiger partial charge is 0.317 e. The van der Waals surface area contributed by atoms with E-state index in [2.05, 4.69) is 15.9 Å². The molecule has 0 fully saturated rings. The number of carboxylic acid groups (broad SMARTS) is 1. The highest BCUT2D eigenvalue weighted by atomic mass is 79.9. The highest BCUT2D eigenvalue weighted by molar-refractivity contribution is 9.10. The van der Waals surface area contributed by atoms with Gasteiger partial charge in [0, 0.05) is 19.8 Å². The van der Waals surface area contributed by atoms with Gasteiger partial charge in [0.2, 0.25) is 0 Å². The number of halogens is 1. The molecule has 0 heterocycles. The van der Waals surface area contributed by atoms with Gasteiger partial charge in [-0.15, -0.1) is 0 Å².